The summed E-state index contributed by atoms with van der Waals surface area (Å²) < 4.78 is 1.23. The van der Waals surface area contributed by atoms with E-state index in [4.69, 9.17) is 4.98 Å². The van der Waals surface area contributed by atoms with Gasteiger partial charge in [0.05, 0.1) is 10.2 Å². The molecule has 0 atom stereocenters. The standard InChI is InChI=1S/C27H27N3OS2/c1-32-22-12-13-24-25(18-22)33-27(28-24)30-16-14-29(15-17-30)26(31)19-23(20-8-4-2-5-9-20)21-10-6-3-7-11-21/h2-13,18,23H,14-17,19H2,1H3. The first kappa shape index (κ1) is 22.0. The van der Waals surface area contributed by atoms with Crippen molar-refractivity contribution in [3.05, 3.63) is 90.0 Å². The van der Waals surface area contributed by atoms with E-state index in [2.05, 4.69) is 77.9 Å². The normalized spacial score (nSPS) is 14.2. The maximum Gasteiger partial charge on any atom is 0.223 e. The molecule has 33 heavy (non-hydrogen) atoms. The van der Waals surface area contributed by atoms with Gasteiger partial charge in [-0.05, 0) is 35.6 Å². The van der Waals surface area contributed by atoms with Crippen molar-refractivity contribution in [3.8, 4) is 0 Å². The van der Waals surface area contributed by atoms with Crippen molar-refractivity contribution < 1.29 is 4.79 Å². The lowest BCUT2D eigenvalue weighted by Crippen LogP contribution is -2.49. The number of carbonyl (C=O) groups is 1. The van der Waals surface area contributed by atoms with Crippen LogP contribution in [0.1, 0.15) is 23.5 Å². The average Bonchev–Trinajstić information content (AvgIpc) is 3.31. The molecule has 1 aromatic heterocycles. The highest BCUT2D eigenvalue weighted by Gasteiger charge is 2.26. The largest absolute Gasteiger partial charge is 0.345 e. The Balaban J connectivity index is 1.26. The lowest BCUT2D eigenvalue weighted by molar-refractivity contribution is -0.131. The van der Waals surface area contributed by atoms with E-state index in [0.29, 0.717) is 6.42 Å². The molecule has 0 unspecified atom stereocenters. The fourth-order valence-electron chi connectivity index (χ4n) is 4.40. The Bertz CT molecular complexity index is 1180. The number of rotatable bonds is 6. The van der Waals surface area contributed by atoms with Crippen molar-refractivity contribution in [3.63, 3.8) is 0 Å². The van der Waals surface area contributed by atoms with Crippen molar-refractivity contribution in [2.24, 2.45) is 0 Å². The Morgan fingerprint density at radius 3 is 2.18 bits per heavy atom. The number of carbonyl (C=O) groups excluding carboxylic acids is 1. The molecule has 5 rings (SSSR count). The van der Waals surface area contributed by atoms with Crippen LogP contribution >= 0.6 is 23.1 Å². The van der Waals surface area contributed by atoms with Gasteiger partial charge in [-0.2, -0.15) is 0 Å². The highest BCUT2D eigenvalue weighted by molar-refractivity contribution is 7.98. The number of aromatic nitrogens is 1. The van der Waals surface area contributed by atoms with E-state index >= 15 is 0 Å². The molecule has 6 heteroatoms. The average molecular weight is 474 g/mol. The smallest absolute Gasteiger partial charge is 0.223 e. The minimum absolute atomic E-state index is 0.0767. The lowest BCUT2D eigenvalue weighted by atomic mass is 9.88. The second-order valence-electron chi connectivity index (χ2n) is 8.28. The summed E-state index contributed by atoms with van der Waals surface area (Å²) in [5.74, 6) is 0.300. The van der Waals surface area contributed by atoms with Gasteiger partial charge in [-0.3, -0.25) is 4.79 Å². The first-order valence-electron chi connectivity index (χ1n) is 11.3. The van der Waals surface area contributed by atoms with Crippen LogP contribution in [0.3, 0.4) is 0 Å². The fraction of sp³-hybridized carbons (Fsp3) is 0.259. The number of hydrogen-bond donors (Lipinski definition) is 0. The van der Waals surface area contributed by atoms with Crippen molar-refractivity contribution in [2.45, 2.75) is 17.2 Å². The first-order valence-corrected chi connectivity index (χ1v) is 13.3. The van der Waals surface area contributed by atoms with E-state index in [-0.39, 0.29) is 11.8 Å². The number of thioether (sulfide) groups is 1. The summed E-state index contributed by atoms with van der Waals surface area (Å²) in [5.41, 5.74) is 3.43. The molecule has 2 heterocycles. The van der Waals surface area contributed by atoms with Crippen LogP contribution in [-0.2, 0) is 4.79 Å². The third-order valence-electron chi connectivity index (χ3n) is 6.27. The van der Waals surface area contributed by atoms with Crippen molar-refractivity contribution in [1.82, 2.24) is 9.88 Å². The van der Waals surface area contributed by atoms with E-state index < -0.39 is 0 Å². The van der Waals surface area contributed by atoms with E-state index in [1.807, 2.05) is 17.0 Å². The van der Waals surface area contributed by atoms with Crippen LogP contribution in [0.15, 0.2) is 83.8 Å². The minimum Gasteiger partial charge on any atom is -0.345 e. The Kier molecular flexibility index (Phi) is 6.65. The molecular weight excluding hydrogens is 446 g/mol. The number of piperazine rings is 1. The number of fused-ring (bicyclic) bond motifs is 1. The van der Waals surface area contributed by atoms with Gasteiger partial charge in [0.1, 0.15) is 0 Å². The van der Waals surface area contributed by atoms with Crippen LogP contribution in [0.4, 0.5) is 5.13 Å². The number of benzene rings is 3. The molecule has 1 saturated heterocycles. The van der Waals surface area contributed by atoms with Gasteiger partial charge in [0.15, 0.2) is 5.13 Å². The zero-order valence-corrected chi connectivity index (χ0v) is 20.3. The van der Waals surface area contributed by atoms with Gasteiger partial charge in [-0.25, -0.2) is 4.98 Å². The number of hydrogen-bond acceptors (Lipinski definition) is 5. The van der Waals surface area contributed by atoms with Gasteiger partial charge in [0.25, 0.3) is 0 Å². The van der Waals surface area contributed by atoms with E-state index in [0.717, 1.165) is 36.8 Å². The molecule has 3 aromatic carbocycles. The Morgan fingerprint density at radius 2 is 1.58 bits per heavy atom. The van der Waals surface area contributed by atoms with Gasteiger partial charge in [-0.15, -0.1) is 11.8 Å². The van der Waals surface area contributed by atoms with Gasteiger partial charge < -0.3 is 9.80 Å². The summed E-state index contributed by atoms with van der Waals surface area (Å²) in [4.78, 5) is 23.7. The van der Waals surface area contributed by atoms with Crippen LogP contribution in [0.25, 0.3) is 10.2 Å². The number of amides is 1. The molecule has 1 aliphatic heterocycles. The minimum atomic E-state index is 0.0767. The predicted octanol–water partition coefficient (Wildman–Crippen LogP) is 5.89. The molecule has 0 radical (unpaired) electrons. The lowest BCUT2D eigenvalue weighted by Gasteiger charge is -2.35. The molecule has 0 spiro atoms. The second-order valence-corrected chi connectivity index (χ2v) is 10.2. The van der Waals surface area contributed by atoms with Gasteiger partial charge in [-0.1, -0.05) is 72.0 Å². The van der Waals surface area contributed by atoms with E-state index in [9.17, 15) is 4.79 Å². The molecule has 1 fully saturated rings. The zero-order valence-electron chi connectivity index (χ0n) is 18.7. The number of thiazole rings is 1. The summed E-state index contributed by atoms with van der Waals surface area (Å²) in [6, 6.07) is 27.2. The molecular formula is C27H27N3OS2. The van der Waals surface area contributed by atoms with Crippen LogP contribution in [0.2, 0.25) is 0 Å². The first-order chi connectivity index (χ1) is 16.2. The molecule has 1 amide bonds. The molecule has 0 aliphatic carbocycles. The number of nitrogens with zero attached hydrogens (tertiary/aromatic N) is 3. The maximum absolute atomic E-state index is 13.3. The Morgan fingerprint density at radius 1 is 0.939 bits per heavy atom. The molecule has 1 aliphatic rings. The predicted molar refractivity (Wildman–Crippen MR) is 140 cm³/mol. The fourth-order valence-corrected chi connectivity index (χ4v) is 5.98. The van der Waals surface area contributed by atoms with Crippen molar-refractivity contribution >= 4 is 44.4 Å². The van der Waals surface area contributed by atoms with Crippen LogP contribution in [0, 0.1) is 0 Å². The monoisotopic (exact) mass is 473 g/mol. The summed E-state index contributed by atoms with van der Waals surface area (Å²) in [5, 5.41) is 1.06. The third kappa shape index (κ3) is 4.92. The van der Waals surface area contributed by atoms with Crippen LogP contribution in [0.5, 0.6) is 0 Å². The van der Waals surface area contributed by atoms with Gasteiger partial charge >= 0.3 is 0 Å². The van der Waals surface area contributed by atoms with E-state index in [1.54, 1.807) is 23.1 Å². The zero-order chi connectivity index (χ0) is 22.6. The van der Waals surface area contributed by atoms with Gasteiger partial charge in [0.2, 0.25) is 5.91 Å². The van der Waals surface area contributed by atoms with Crippen molar-refractivity contribution in [2.75, 3.05) is 37.3 Å². The summed E-state index contributed by atoms with van der Waals surface area (Å²) in [6.07, 6.45) is 2.59. The Hall–Kier alpha value is -2.83. The molecule has 0 N–H and O–H groups in total. The molecule has 4 aromatic rings. The molecule has 168 valence electrons. The second kappa shape index (κ2) is 9.98. The topological polar surface area (TPSA) is 36.4 Å². The Labute approximate surface area is 203 Å². The number of anilines is 1. The van der Waals surface area contributed by atoms with Crippen molar-refractivity contribution in [1.29, 1.82) is 0 Å². The molecule has 0 bridgehead atoms. The maximum atomic E-state index is 13.3. The van der Waals surface area contributed by atoms with Crippen LogP contribution < -0.4 is 4.90 Å². The van der Waals surface area contributed by atoms with Gasteiger partial charge in [0, 0.05) is 43.4 Å². The highest BCUT2D eigenvalue weighted by atomic mass is 32.2. The quantitative estimate of drug-likeness (QED) is 0.327. The SMILES string of the molecule is CSc1ccc2nc(N3CCN(C(=O)CC(c4ccccc4)c4ccccc4)CC3)sc2c1. The summed E-state index contributed by atoms with van der Waals surface area (Å²) in [6.45, 7) is 3.12. The highest BCUT2D eigenvalue weighted by Crippen LogP contribution is 2.33. The molecule has 0 saturated carbocycles. The molecule has 4 nitrogen and oxygen atoms in total. The third-order valence-corrected chi connectivity index (χ3v) is 8.07. The summed E-state index contributed by atoms with van der Waals surface area (Å²) >= 11 is 3.50. The van der Waals surface area contributed by atoms with Crippen LogP contribution in [-0.4, -0.2) is 48.2 Å². The van der Waals surface area contributed by atoms with E-state index in [1.165, 1.54) is 20.7 Å². The summed E-state index contributed by atoms with van der Waals surface area (Å²) in [7, 11) is 0.